The highest BCUT2D eigenvalue weighted by Crippen LogP contribution is 2.21. The zero-order chi connectivity index (χ0) is 14.1. The minimum Gasteiger partial charge on any atom is -0.494 e. The number of aliphatic hydroxyl groups excluding tert-OH is 1. The van der Waals surface area contributed by atoms with Crippen LogP contribution >= 0.6 is 0 Å². The summed E-state index contributed by atoms with van der Waals surface area (Å²) in [6, 6.07) is 8.21. The molecule has 3 heteroatoms. The van der Waals surface area contributed by atoms with Crippen molar-refractivity contribution in [2.75, 3.05) is 19.8 Å². The zero-order valence-corrected chi connectivity index (χ0v) is 12.4. The maximum Gasteiger partial charge on any atom is 0.119 e. The van der Waals surface area contributed by atoms with Crippen LogP contribution in [0.15, 0.2) is 24.3 Å². The molecule has 0 radical (unpaired) electrons. The molecule has 0 aliphatic carbocycles. The van der Waals surface area contributed by atoms with E-state index in [0.717, 1.165) is 31.7 Å². The van der Waals surface area contributed by atoms with Crippen LogP contribution in [0.25, 0.3) is 0 Å². The molecule has 0 heterocycles. The molecule has 0 spiro atoms. The first-order valence-electron chi connectivity index (χ1n) is 7.11. The third-order valence-corrected chi connectivity index (χ3v) is 3.18. The fourth-order valence-corrected chi connectivity index (χ4v) is 2.06. The van der Waals surface area contributed by atoms with Crippen molar-refractivity contribution in [2.24, 2.45) is 5.41 Å². The normalized spacial score (nSPS) is 11.6. The summed E-state index contributed by atoms with van der Waals surface area (Å²) in [7, 11) is 0. The van der Waals surface area contributed by atoms with Gasteiger partial charge >= 0.3 is 0 Å². The third kappa shape index (κ3) is 6.60. The standard InChI is InChI=1S/C16H27NO2/c1-4-19-15-8-6-14(7-9-15)12-17-13-16(2,3)10-5-11-18/h6-9,17-18H,4-5,10-13H2,1-3H3. The van der Waals surface area contributed by atoms with Crippen molar-refractivity contribution in [1.82, 2.24) is 5.32 Å². The van der Waals surface area contributed by atoms with Crippen LogP contribution in [0.1, 0.15) is 39.2 Å². The van der Waals surface area contributed by atoms with E-state index in [0.29, 0.717) is 6.61 Å². The highest BCUT2D eigenvalue weighted by Gasteiger charge is 2.16. The number of ether oxygens (including phenoxy) is 1. The zero-order valence-electron chi connectivity index (χ0n) is 12.4. The molecule has 0 atom stereocenters. The van der Waals surface area contributed by atoms with Crippen molar-refractivity contribution >= 4 is 0 Å². The molecule has 0 aliphatic rings. The summed E-state index contributed by atoms with van der Waals surface area (Å²) in [6.07, 6.45) is 1.91. The van der Waals surface area contributed by atoms with Crippen molar-refractivity contribution in [1.29, 1.82) is 0 Å². The lowest BCUT2D eigenvalue weighted by Crippen LogP contribution is -2.29. The maximum atomic E-state index is 8.87. The molecular formula is C16H27NO2. The van der Waals surface area contributed by atoms with Gasteiger partial charge in [-0.15, -0.1) is 0 Å². The SMILES string of the molecule is CCOc1ccc(CNCC(C)(C)CCCO)cc1. The van der Waals surface area contributed by atoms with Crippen molar-refractivity contribution in [2.45, 2.75) is 40.2 Å². The van der Waals surface area contributed by atoms with Crippen molar-refractivity contribution in [3.63, 3.8) is 0 Å². The van der Waals surface area contributed by atoms with Crippen molar-refractivity contribution in [3.8, 4) is 5.75 Å². The number of hydrogen-bond acceptors (Lipinski definition) is 3. The molecule has 2 N–H and O–H groups in total. The average Bonchev–Trinajstić information content (AvgIpc) is 2.39. The van der Waals surface area contributed by atoms with Gasteiger partial charge in [-0.2, -0.15) is 0 Å². The van der Waals surface area contributed by atoms with Gasteiger partial charge in [0.05, 0.1) is 6.61 Å². The molecular weight excluding hydrogens is 238 g/mol. The van der Waals surface area contributed by atoms with Crippen LogP contribution in [-0.4, -0.2) is 24.9 Å². The summed E-state index contributed by atoms with van der Waals surface area (Å²) >= 11 is 0. The van der Waals surface area contributed by atoms with E-state index < -0.39 is 0 Å². The van der Waals surface area contributed by atoms with Crippen molar-refractivity contribution in [3.05, 3.63) is 29.8 Å². The van der Waals surface area contributed by atoms with Crippen LogP contribution in [0.2, 0.25) is 0 Å². The van der Waals surface area contributed by atoms with E-state index in [1.54, 1.807) is 0 Å². The second kappa shape index (κ2) is 8.18. The molecule has 1 aromatic rings. The molecule has 0 saturated carbocycles. The van der Waals surface area contributed by atoms with E-state index in [9.17, 15) is 0 Å². The lowest BCUT2D eigenvalue weighted by molar-refractivity contribution is 0.236. The number of hydrogen-bond donors (Lipinski definition) is 2. The quantitative estimate of drug-likeness (QED) is 0.721. The lowest BCUT2D eigenvalue weighted by atomic mass is 9.88. The molecule has 0 amide bonds. The summed E-state index contributed by atoms with van der Waals surface area (Å²) in [5.74, 6) is 0.925. The topological polar surface area (TPSA) is 41.5 Å². The van der Waals surface area contributed by atoms with Crippen LogP contribution in [0.4, 0.5) is 0 Å². The first-order chi connectivity index (χ1) is 9.07. The molecule has 19 heavy (non-hydrogen) atoms. The molecule has 0 aliphatic heterocycles. The summed E-state index contributed by atoms with van der Waals surface area (Å²) in [6.45, 7) is 9.26. The average molecular weight is 265 g/mol. The number of rotatable bonds is 9. The van der Waals surface area contributed by atoms with Gasteiger partial charge < -0.3 is 15.2 Å². The summed E-state index contributed by atoms with van der Waals surface area (Å²) in [5, 5.41) is 12.4. The van der Waals surface area contributed by atoms with Crippen molar-refractivity contribution < 1.29 is 9.84 Å². The predicted octanol–water partition coefficient (Wildman–Crippen LogP) is 2.97. The van der Waals surface area contributed by atoms with Gasteiger partial charge in [0.1, 0.15) is 5.75 Å². The summed E-state index contributed by atoms with van der Waals surface area (Å²) in [4.78, 5) is 0. The molecule has 1 aromatic carbocycles. The van der Waals surface area contributed by atoms with E-state index in [4.69, 9.17) is 9.84 Å². The Bertz CT molecular complexity index is 346. The Labute approximate surface area is 117 Å². The highest BCUT2D eigenvalue weighted by molar-refractivity contribution is 5.27. The summed E-state index contributed by atoms with van der Waals surface area (Å²) < 4.78 is 5.42. The monoisotopic (exact) mass is 265 g/mol. The van der Waals surface area contributed by atoms with Crippen LogP contribution in [-0.2, 0) is 6.54 Å². The van der Waals surface area contributed by atoms with Gasteiger partial charge in [0, 0.05) is 19.7 Å². The second-order valence-corrected chi connectivity index (χ2v) is 5.67. The minimum atomic E-state index is 0.230. The Morgan fingerprint density at radius 3 is 2.47 bits per heavy atom. The molecule has 1 rings (SSSR count). The van der Waals surface area contributed by atoms with Crippen LogP contribution in [0.5, 0.6) is 5.75 Å². The fourth-order valence-electron chi connectivity index (χ4n) is 2.06. The Morgan fingerprint density at radius 2 is 1.89 bits per heavy atom. The van der Waals surface area contributed by atoms with Crippen LogP contribution in [0.3, 0.4) is 0 Å². The maximum absolute atomic E-state index is 8.87. The molecule has 0 saturated heterocycles. The third-order valence-electron chi connectivity index (χ3n) is 3.18. The van der Waals surface area contributed by atoms with Gasteiger partial charge in [-0.25, -0.2) is 0 Å². The Hall–Kier alpha value is -1.06. The smallest absolute Gasteiger partial charge is 0.119 e. The largest absolute Gasteiger partial charge is 0.494 e. The predicted molar refractivity (Wildman–Crippen MR) is 79.4 cm³/mol. The summed E-state index contributed by atoms with van der Waals surface area (Å²) in [5.41, 5.74) is 1.50. The van der Waals surface area contributed by atoms with E-state index >= 15 is 0 Å². The molecule has 108 valence electrons. The number of aliphatic hydroxyl groups is 1. The van der Waals surface area contributed by atoms with Gasteiger partial charge in [-0.1, -0.05) is 26.0 Å². The molecule has 3 nitrogen and oxygen atoms in total. The number of benzene rings is 1. The Kier molecular flexibility index (Phi) is 6.89. The highest BCUT2D eigenvalue weighted by atomic mass is 16.5. The van der Waals surface area contributed by atoms with Gasteiger partial charge in [-0.05, 0) is 42.9 Å². The van der Waals surface area contributed by atoms with E-state index in [1.165, 1.54) is 5.56 Å². The van der Waals surface area contributed by atoms with Gasteiger partial charge in [0.2, 0.25) is 0 Å². The van der Waals surface area contributed by atoms with Gasteiger partial charge in [0.25, 0.3) is 0 Å². The first kappa shape index (κ1) is 16.0. The van der Waals surface area contributed by atoms with E-state index in [1.807, 2.05) is 19.1 Å². The second-order valence-electron chi connectivity index (χ2n) is 5.67. The minimum absolute atomic E-state index is 0.230. The van der Waals surface area contributed by atoms with E-state index in [-0.39, 0.29) is 12.0 Å². The molecule has 0 unspecified atom stereocenters. The van der Waals surface area contributed by atoms with E-state index in [2.05, 4.69) is 31.3 Å². The molecule has 0 fully saturated rings. The molecule has 0 bridgehead atoms. The lowest BCUT2D eigenvalue weighted by Gasteiger charge is -2.24. The Morgan fingerprint density at radius 1 is 1.21 bits per heavy atom. The van der Waals surface area contributed by atoms with Gasteiger partial charge in [-0.3, -0.25) is 0 Å². The van der Waals surface area contributed by atoms with Crippen LogP contribution < -0.4 is 10.1 Å². The van der Waals surface area contributed by atoms with Crippen LogP contribution in [0, 0.1) is 5.41 Å². The first-order valence-corrected chi connectivity index (χ1v) is 7.11. The fraction of sp³-hybridized carbons (Fsp3) is 0.625. The van der Waals surface area contributed by atoms with Gasteiger partial charge in [0.15, 0.2) is 0 Å². The molecule has 0 aromatic heterocycles. The number of nitrogens with one attached hydrogen (secondary N) is 1. The Balaban J connectivity index is 2.32.